The van der Waals surface area contributed by atoms with Crippen LogP contribution in [-0.2, 0) is 6.54 Å². The van der Waals surface area contributed by atoms with Crippen LogP contribution in [0.5, 0.6) is 5.75 Å². The molecule has 0 fully saturated rings. The van der Waals surface area contributed by atoms with Gasteiger partial charge in [-0.3, -0.25) is 0 Å². The van der Waals surface area contributed by atoms with Gasteiger partial charge in [-0.1, -0.05) is 13.8 Å². The number of ether oxygens (including phenoxy) is 1. The highest BCUT2D eigenvalue weighted by molar-refractivity contribution is 5.29. The van der Waals surface area contributed by atoms with Gasteiger partial charge in [-0.2, -0.15) is 0 Å². The van der Waals surface area contributed by atoms with Crippen LogP contribution in [0, 0.1) is 5.82 Å². The summed E-state index contributed by atoms with van der Waals surface area (Å²) in [4.78, 5) is 0. The Morgan fingerprint density at radius 2 is 2.11 bits per heavy atom. The van der Waals surface area contributed by atoms with E-state index >= 15 is 0 Å². The summed E-state index contributed by atoms with van der Waals surface area (Å²) in [5, 5.41) is 12.6. The molecular formula is C14H22FNO2. The van der Waals surface area contributed by atoms with Crippen molar-refractivity contribution in [3.8, 4) is 5.75 Å². The molecule has 0 radical (unpaired) electrons. The van der Waals surface area contributed by atoms with Crippen LogP contribution < -0.4 is 10.1 Å². The van der Waals surface area contributed by atoms with Gasteiger partial charge in [0.2, 0.25) is 0 Å². The number of rotatable bonds is 8. The highest BCUT2D eigenvalue weighted by atomic mass is 19.1. The lowest BCUT2D eigenvalue weighted by atomic mass is 10.2. The fourth-order valence-corrected chi connectivity index (χ4v) is 1.53. The van der Waals surface area contributed by atoms with Crippen LogP contribution in [0.3, 0.4) is 0 Å². The van der Waals surface area contributed by atoms with Crippen LogP contribution in [-0.4, -0.2) is 24.4 Å². The normalized spacial score (nSPS) is 12.4. The monoisotopic (exact) mass is 255 g/mol. The van der Waals surface area contributed by atoms with Gasteiger partial charge < -0.3 is 15.2 Å². The smallest absolute Gasteiger partial charge is 0.127 e. The van der Waals surface area contributed by atoms with Gasteiger partial charge in [0.05, 0.1) is 6.10 Å². The van der Waals surface area contributed by atoms with Crippen LogP contribution in [0.2, 0.25) is 0 Å². The molecular weight excluding hydrogens is 233 g/mol. The minimum Gasteiger partial charge on any atom is -0.491 e. The zero-order chi connectivity index (χ0) is 13.4. The number of nitrogens with one attached hydrogen (secondary N) is 1. The number of halogens is 1. The Bertz CT molecular complexity index is 358. The van der Waals surface area contributed by atoms with Crippen LogP contribution in [0.25, 0.3) is 0 Å². The van der Waals surface area contributed by atoms with Gasteiger partial charge in [0.25, 0.3) is 0 Å². The molecule has 1 aromatic rings. The van der Waals surface area contributed by atoms with Crippen molar-refractivity contribution >= 4 is 0 Å². The Balaban J connectivity index is 2.56. The van der Waals surface area contributed by atoms with Crippen LogP contribution >= 0.6 is 0 Å². The van der Waals surface area contributed by atoms with E-state index in [4.69, 9.17) is 4.74 Å². The molecule has 0 aromatic heterocycles. The first-order valence-corrected chi connectivity index (χ1v) is 6.46. The fraction of sp³-hybridized carbons (Fsp3) is 0.571. The first-order valence-electron chi connectivity index (χ1n) is 6.46. The van der Waals surface area contributed by atoms with E-state index in [0.717, 1.165) is 18.5 Å². The molecule has 0 spiro atoms. The second-order valence-corrected chi connectivity index (χ2v) is 4.35. The molecule has 0 aliphatic heterocycles. The third-order valence-corrected chi connectivity index (χ3v) is 2.60. The molecule has 1 unspecified atom stereocenters. The molecule has 0 bridgehead atoms. The van der Waals surface area contributed by atoms with Gasteiger partial charge in [-0.05, 0) is 37.1 Å². The summed E-state index contributed by atoms with van der Waals surface area (Å²) in [5.41, 5.74) is 0.851. The lowest BCUT2D eigenvalue weighted by molar-refractivity contribution is 0.104. The van der Waals surface area contributed by atoms with Crippen LogP contribution in [0.15, 0.2) is 18.2 Å². The van der Waals surface area contributed by atoms with Gasteiger partial charge in [-0.15, -0.1) is 0 Å². The maximum absolute atomic E-state index is 13.4. The summed E-state index contributed by atoms with van der Waals surface area (Å²) in [6.07, 6.45) is 1.16. The third-order valence-electron chi connectivity index (χ3n) is 2.60. The minimum atomic E-state index is -0.505. The summed E-state index contributed by atoms with van der Waals surface area (Å²) >= 11 is 0. The molecule has 0 aliphatic carbocycles. The molecule has 3 nitrogen and oxygen atoms in total. The predicted octanol–water partition coefficient (Wildman–Crippen LogP) is 2.48. The van der Waals surface area contributed by atoms with Gasteiger partial charge in [0.15, 0.2) is 0 Å². The molecule has 0 amide bonds. The molecule has 1 rings (SSSR count). The van der Waals surface area contributed by atoms with Crippen molar-refractivity contribution in [2.45, 2.75) is 39.3 Å². The fourth-order valence-electron chi connectivity index (χ4n) is 1.53. The second kappa shape index (κ2) is 8.06. The molecule has 4 heteroatoms. The molecule has 0 heterocycles. The van der Waals surface area contributed by atoms with Crippen LogP contribution in [0.1, 0.15) is 32.3 Å². The number of aliphatic hydroxyl groups excluding tert-OH is 1. The quantitative estimate of drug-likeness (QED) is 0.701. The van der Waals surface area contributed by atoms with Crippen molar-refractivity contribution in [2.75, 3.05) is 13.2 Å². The van der Waals surface area contributed by atoms with Crippen molar-refractivity contribution in [3.63, 3.8) is 0 Å². The maximum Gasteiger partial charge on any atom is 0.127 e. The Morgan fingerprint density at radius 3 is 2.78 bits per heavy atom. The average Bonchev–Trinajstić information content (AvgIpc) is 2.35. The van der Waals surface area contributed by atoms with Crippen molar-refractivity contribution in [1.82, 2.24) is 5.32 Å². The van der Waals surface area contributed by atoms with E-state index < -0.39 is 6.10 Å². The average molecular weight is 255 g/mol. The second-order valence-electron chi connectivity index (χ2n) is 4.35. The SMILES string of the molecule is CCCNCc1cc(F)cc(OCC(O)CC)c1. The topological polar surface area (TPSA) is 41.5 Å². The van der Waals surface area contributed by atoms with E-state index in [1.807, 2.05) is 6.92 Å². The Morgan fingerprint density at radius 1 is 1.33 bits per heavy atom. The number of hydrogen-bond donors (Lipinski definition) is 2. The minimum absolute atomic E-state index is 0.196. The van der Waals surface area contributed by atoms with E-state index in [1.165, 1.54) is 12.1 Å². The summed E-state index contributed by atoms with van der Waals surface area (Å²) in [7, 11) is 0. The van der Waals surface area contributed by atoms with Crippen molar-refractivity contribution in [1.29, 1.82) is 0 Å². The van der Waals surface area contributed by atoms with E-state index in [9.17, 15) is 9.50 Å². The first kappa shape index (κ1) is 14.9. The zero-order valence-corrected chi connectivity index (χ0v) is 11.1. The summed E-state index contributed by atoms with van der Waals surface area (Å²) in [5.74, 6) is 0.155. The Kier molecular flexibility index (Phi) is 6.68. The molecule has 18 heavy (non-hydrogen) atoms. The van der Waals surface area contributed by atoms with Crippen molar-refractivity contribution in [2.24, 2.45) is 0 Å². The van der Waals surface area contributed by atoms with E-state index in [0.29, 0.717) is 18.7 Å². The largest absolute Gasteiger partial charge is 0.491 e. The lowest BCUT2D eigenvalue weighted by Gasteiger charge is -2.12. The first-order chi connectivity index (χ1) is 8.65. The number of hydrogen-bond acceptors (Lipinski definition) is 3. The summed E-state index contributed by atoms with van der Waals surface area (Å²) in [6.45, 7) is 5.68. The van der Waals surface area contributed by atoms with Crippen LogP contribution in [0.4, 0.5) is 4.39 Å². The zero-order valence-electron chi connectivity index (χ0n) is 11.1. The van der Waals surface area contributed by atoms with E-state index in [1.54, 1.807) is 6.07 Å². The number of benzene rings is 1. The lowest BCUT2D eigenvalue weighted by Crippen LogP contribution is -2.17. The molecule has 102 valence electrons. The molecule has 1 atom stereocenters. The predicted molar refractivity (Wildman–Crippen MR) is 70.2 cm³/mol. The highest BCUT2D eigenvalue weighted by Gasteiger charge is 2.05. The van der Waals surface area contributed by atoms with Crippen molar-refractivity contribution < 1.29 is 14.2 Å². The van der Waals surface area contributed by atoms with Gasteiger partial charge in [-0.25, -0.2) is 4.39 Å². The summed E-state index contributed by atoms with van der Waals surface area (Å²) < 4.78 is 18.7. The Labute approximate surface area is 108 Å². The van der Waals surface area contributed by atoms with E-state index in [2.05, 4.69) is 12.2 Å². The van der Waals surface area contributed by atoms with Gasteiger partial charge >= 0.3 is 0 Å². The Hall–Kier alpha value is -1.13. The van der Waals surface area contributed by atoms with Gasteiger partial charge in [0.1, 0.15) is 18.2 Å². The molecule has 0 aliphatic rings. The summed E-state index contributed by atoms with van der Waals surface area (Å²) in [6, 6.07) is 4.63. The van der Waals surface area contributed by atoms with E-state index in [-0.39, 0.29) is 12.4 Å². The third kappa shape index (κ3) is 5.47. The van der Waals surface area contributed by atoms with Crippen molar-refractivity contribution in [3.05, 3.63) is 29.6 Å². The number of aliphatic hydroxyl groups is 1. The van der Waals surface area contributed by atoms with Gasteiger partial charge in [0, 0.05) is 12.6 Å². The molecule has 0 saturated carbocycles. The molecule has 0 saturated heterocycles. The standard InChI is InChI=1S/C14H22FNO2/c1-3-5-16-9-11-6-12(15)8-14(7-11)18-10-13(17)4-2/h6-8,13,16-17H,3-5,9-10H2,1-2H3. The highest BCUT2D eigenvalue weighted by Crippen LogP contribution is 2.17. The molecule has 2 N–H and O–H groups in total. The maximum atomic E-state index is 13.4. The molecule has 1 aromatic carbocycles.